The van der Waals surface area contributed by atoms with Crippen LogP contribution in [0.5, 0.6) is 5.75 Å². The molecular weight excluding hydrogens is 436 g/mol. The second-order valence-electron chi connectivity index (χ2n) is 7.73. The number of benzene rings is 2. The first-order chi connectivity index (χ1) is 14.9. The van der Waals surface area contributed by atoms with E-state index in [0.29, 0.717) is 43.2 Å². The van der Waals surface area contributed by atoms with Gasteiger partial charge in [0.2, 0.25) is 15.9 Å². The smallest absolute Gasteiger partial charge is 0.240 e. The number of hydrogen-bond donors (Lipinski definition) is 2. The predicted molar refractivity (Wildman–Crippen MR) is 122 cm³/mol. The SMILES string of the molecule is O=C(CCCOc1ccccc1Cl)NCCc1ccc(S(=O)(=O)NC2CCCC2)cc1. The maximum Gasteiger partial charge on any atom is 0.240 e. The number of para-hydroxylation sites is 1. The van der Waals surface area contributed by atoms with E-state index >= 15 is 0 Å². The van der Waals surface area contributed by atoms with Crippen LogP contribution in [0.4, 0.5) is 0 Å². The fourth-order valence-electron chi connectivity index (χ4n) is 3.58. The Kier molecular flexibility index (Phi) is 8.75. The minimum absolute atomic E-state index is 0.0391. The highest BCUT2D eigenvalue weighted by Gasteiger charge is 2.22. The van der Waals surface area contributed by atoms with Crippen molar-refractivity contribution >= 4 is 27.5 Å². The highest BCUT2D eigenvalue weighted by atomic mass is 35.5. The molecule has 1 saturated carbocycles. The Morgan fingerprint density at radius 3 is 2.48 bits per heavy atom. The minimum Gasteiger partial charge on any atom is -0.492 e. The fourth-order valence-corrected chi connectivity index (χ4v) is 5.07. The third-order valence-corrected chi connectivity index (χ3v) is 7.14. The number of nitrogens with one attached hydrogen (secondary N) is 2. The summed E-state index contributed by atoms with van der Waals surface area (Å²) < 4.78 is 33.3. The summed E-state index contributed by atoms with van der Waals surface area (Å²) >= 11 is 6.02. The molecule has 31 heavy (non-hydrogen) atoms. The van der Waals surface area contributed by atoms with E-state index in [0.717, 1.165) is 31.2 Å². The van der Waals surface area contributed by atoms with Crippen LogP contribution in [0.25, 0.3) is 0 Å². The predicted octanol–water partition coefficient (Wildman–Crippen LogP) is 4.08. The zero-order chi connectivity index (χ0) is 22.1. The summed E-state index contributed by atoms with van der Waals surface area (Å²) in [5.74, 6) is 0.580. The first-order valence-electron chi connectivity index (χ1n) is 10.7. The number of ether oxygens (including phenoxy) is 1. The number of sulfonamides is 1. The summed E-state index contributed by atoms with van der Waals surface area (Å²) in [6, 6.07) is 14.1. The van der Waals surface area contributed by atoms with E-state index in [-0.39, 0.29) is 16.8 Å². The van der Waals surface area contributed by atoms with Gasteiger partial charge in [-0.15, -0.1) is 0 Å². The second kappa shape index (κ2) is 11.5. The van der Waals surface area contributed by atoms with E-state index in [2.05, 4.69) is 10.0 Å². The summed E-state index contributed by atoms with van der Waals surface area (Å²) in [7, 11) is -3.47. The summed E-state index contributed by atoms with van der Waals surface area (Å²) in [6.45, 7) is 0.915. The van der Waals surface area contributed by atoms with Gasteiger partial charge in [0.1, 0.15) is 5.75 Å². The van der Waals surface area contributed by atoms with Gasteiger partial charge in [0.05, 0.1) is 16.5 Å². The molecule has 1 aliphatic carbocycles. The van der Waals surface area contributed by atoms with Gasteiger partial charge in [-0.3, -0.25) is 4.79 Å². The van der Waals surface area contributed by atoms with Crippen LogP contribution in [0, 0.1) is 0 Å². The molecule has 1 amide bonds. The monoisotopic (exact) mass is 464 g/mol. The van der Waals surface area contributed by atoms with Crippen molar-refractivity contribution in [3.05, 3.63) is 59.1 Å². The van der Waals surface area contributed by atoms with E-state index in [1.807, 2.05) is 12.1 Å². The van der Waals surface area contributed by atoms with Crippen molar-refractivity contribution in [1.29, 1.82) is 0 Å². The minimum atomic E-state index is -3.47. The van der Waals surface area contributed by atoms with Crippen LogP contribution in [0.1, 0.15) is 44.1 Å². The zero-order valence-electron chi connectivity index (χ0n) is 17.5. The van der Waals surface area contributed by atoms with Crippen LogP contribution >= 0.6 is 11.6 Å². The molecule has 0 bridgehead atoms. The number of hydrogen-bond acceptors (Lipinski definition) is 4. The van der Waals surface area contributed by atoms with Gasteiger partial charge in [0.15, 0.2) is 0 Å². The van der Waals surface area contributed by atoms with Crippen LogP contribution < -0.4 is 14.8 Å². The van der Waals surface area contributed by atoms with Crippen molar-refractivity contribution in [2.45, 2.75) is 55.9 Å². The van der Waals surface area contributed by atoms with Crippen molar-refractivity contribution < 1.29 is 17.9 Å². The molecule has 8 heteroatoms. The van der Waals surface area contributed by atoms with Gasteiger partial charge in [0.25, 0.3) is 0 Å². The van der Waals surface area contributed by atoms with Crippen molar-refractivity contribution in [2.75, 3.05) is 13.2 Å². The first kappa shape index (κ1) is 23.6. The van der Waals surface area contributed by atoms with E-state index in [4.69, 9.17) is 16.3 Å². The van der Waals surface area contributed by atoms with Crippen LogP contribution in [-0.2, 0) is 21.2 Å². The van der Waals surface area contributed by atoms with Gasteiger partial charge in [-0.2, -0.15) is 0 Å². The van der Waals surface area contributed by atoms with Crippen LogP contribution in [0.3, 0.4) is 0 Å². The van der Waals surface area contributed by atoms with Gasteiger partial charge in [0, 0.05) is 19.0 Å². The van der Waals surface area contributed by atoms with E-state index in [1.165, 1.54) is 0 Å². The molecule has 0 heterocycles. The van der Waals surface area contributed by atoms with E-state index in [1.54, 1.807) is 36.4 Å². The summed E-state index contributed by atoms with van der Waals surface area (Å²) in [5, 5.41) is 3.44. The number of halogens is 1. The van der Waals surface area contributed by atoms with Gasteiger partial charge in [-0.05, 0) is 55.5 Å². The molecule has 0 radical (unpaired) electrons. The summed E-state index contributed by atoms with van der Waals surface area (Å²) in [5.41, 5.74) is 0.974. The molecule has 168 valence electrons. The number of carbonyl (C=O) groups excluding carboxylic acids is 1. The number of rotatable bonds is 11. The molecule has 6 nitrogen and oxygen atoms in total. The Bertz CT molecular complexity index is 958. The highest BCUT2D eigenvalue weighted by Crippen LogP contribution is 2.23. The van der Waals surface area contributed by atoms with E-state index in [9.17, 15) is 13.2 Å². The standard InChI is InChI=1S/C23H29ClN2O4S/c24-21-8-3-4-9-22(21)30-17-5-10-23(27)25-16-15-18-11-13-20(14-12-18)31(28,29)26-19-6-1-2-7-19/h3-4,8-9,11-14,19,26H,1-2,5-7,10,15-17H2,(H,25,27). The molecule has 0 spiro atoms. The third kappa shape index (κ3) is 7.52. The average molecular weight is 465 g/mol. The Labute approximate surface area is 189 Å². The topological polar surface area (TPSA) is 84.5 Å². The lowest BCUT2D eigenvalue weighted by Gasteiger charge is -2.13. The molecule has 2 aromatic carbocycles. The van der Waals surface area contributed by atoms with Crippen molar-refractivity contribution in [3.8, 4) is 5.75 Å². The molecule has 1 fully saturated rings. The van der Waals surface area contributed by atoms with Crippen molar-refractivity contribution in [3.63, 3.8) is 0 Å². The molecule has 0 saturated heterocycles. The molecular formula is C23H29ClN2O4S. The highest BCUT2D eigenvalue weighted by molar-refractivity contribution is 7.89. The van der Waals surface area contributed by atoms with E-state index < -0.39 is 10.0 Å². The van der Waals surface area contributed by atoms with Gasteiger partial charge < -0.3 is 10.1 Å². The van der Waals surface area contributed by atoms with Crippen LogP contribution in [-0.4, -0.2) is 33.5 Å². The molecule has 3 rings (SSSR count). The Balaban J connectivity index is 1.34. The zero-order valence-corrected chi connectivity index (χ0v) is 19.1. The molecule has 0 atom stereocenters. The second-order valence-corrected chi connectivity index (χ2v) is 9.85. The fraction of sp³-hybridized carbons (Fsp3) is 0.435. The normalized spacial score (nSPS) is 14.5. The lowest BCUT2D eigenvalue weighted by Crippen LogP contribution is -2.32. The van der Waals surface area contributed by atoms with Crippen molar-refractivity contribution in [1.82, 2.24) is 10.0 Å². The molecule has 0 aliphatic heterocycles. The van der Waals surface area contributed by atoms with Crippen molar-refractivity contribution in [2.24, 2.45) is 0 Å². The number of carbonyl (C=O) groups is 1. The van der Waals surface area contributed by atoms with Crippen LogP contribution in [0.2, 0.25) is 5.02 Å². The quantitative estimate of drug-likeness (QED) is 0.491. The largest absolute Gasteiger partial charge is 0.492 e. The van der Waals surface area contributed by atoms with Gasteiger partial charge in [-0.25, -0.2) is 13.1 Å². The lowest BCUT2D eigenvalue weighted by molar-refractivity contribution is -0.121. The molecule has 0 unspecified atom stereocenters. The Morgan fingerprint density at radius 1 is 1.06 bits per heavy atom. The third-order valence-electron chi connectivity index (χ3n) is 5.29. The average Bonchev–Trinajstić information content (AvgIpc) is 3.25. The Morgan fingerprint density at radius 2 is 1.77 bits per heavy atom. The lowest BCUT2D eigenvalue weighted by atomic mass is 10.1. The summed E-state index contributed by atoms with van der Waals surface area (Å²) in [4.78, 5) is 12.3. The Hall–Kier alpha value is -2.09. The maximum atomic E-state index is 12.5. The first-order valence-corrected chi connectivity index (χ1v) is 12.6. The maximum absolute atomic E-state index is 12.5. The van der Waals surface area contributed by atoms with Crippen LogP contribution in [0.15, 0.2) is 53.4 Å². The van der Waals surface area contributed by atoms with Gasteiger partial charge >= 0.3 is 0 Å². The number of amides is 1. The molecule has 1 aliphatic rings. The molecule has 0 aromatic heterocycles. The molecule has 2 aromatic rings. The molecule has 2 N–H and O–H groups in total. The summed E-state index contributed by atoms with van der Waals surface area (Å²) in [6.07, 6.45) is 5.56. The van der Waals surface area contributed by atoms with Gasteiger partial charge in [-0.1, -0.05) is 48.7 Å².